The van der Waals surface area contributed by atoms with Gasteiger partial charge in [-0.05, 0) is 36.2 Å². The molecular formula is C31H29N4O+. The van der Waals surface area contributed by atoms with Crippen LogP contribution < -0.4 is 10.5 Å². The van der Waals surface area contributed by atoms with Crippen molar-refractivity contribution in [3.63, 3.8) is 0 Å². The number of rotatable bonds is 7. The van der Waals surface area contributed by atoms with E-state index in [1.165, 1.54) is 17.5 Å². The Hall–Kier alpha value is -4.09. The predicted molar refractivity (Wildman–Crippen MR) is 142 cm³/mol. The van der Waals surface area contributed by atoms with Crippen molar-refractivity contribution in [1.82, 2.24) is 15.0 Å². The van der Waals surface area contributed by atoms with Gasteiger partial charge in [0.25, 0.3) is 0 Å². The van der Waals surface area contributed by atoms with Crippen molar-refractivity contribution in [1.29, 1.82) is 0 Å². The fourth-order valence-corrected chi connectivity index (χ4v) is 4.87. The van der Waals surface area contributed by atoms with E-state index in [2.05, 4.69) is 47.1 Å². The molecule has 0 unspecified atom stereocenters. The summed E-state index contributed by atoms with van der Waals surface area (Å²) in [4.78, 5) is 14.3. The van der Waals surface area contributed by atoms with Crippen molar-refractivity contribution < 1.29 is 10.5 Å². The summed E-state index contributed by atoms with van der Waals surface area (Å²) in [6.45, 7) is 0.556. The number of ether oxygens (including phenoxy) is 1. The molecule has 0 spiro atoms. The molecule has 0 saturated heterocycles. The van der Waals surface area contributed by atoms with Crippen LogP contribution in [0.15, 0.2) is 97.3 Å². The molecule has 1 fully saturated rings. The Kier molecular flexibility index (Phi) is 5.91. The van der Waals surface area contributed by atoms with Crippen molar-refractivity contribution in [3.8, 4) is 28.3 Å². The molecule has 0 amide bonds. The Labute approximate surface area is 211 Å². The largest absolute Gasteiger partial charge is 0.491 e. The molecule has 1 aliphatic rings. The lowest BCUT2D eigenvalue weighted by Gasteiger charge is -2.34. The molecule has 5 aromatic rings. The number of pyridine rings is 1. The summed E-state index contributed by atoms with van der Waals surface area (Å²) in [7, 11) is 0. The van der Waals surface area contributed by atoms with Gasteiger partial charge in [0, 0.05) is 48.3 Å². The van der Waals surface area contributed by atoms with Crippen LogP contribution in [0.4, 0.5) is 0 Å². The second-order valence-corrected chi connectivity index (χ2v) is 9.58. The summed E-state index contributed by atoms with van der Waals surface area (Å²) in [6, 6.07) is 29.0. The Balaban J connectivity index is 1.40. The highest BCUT2D eigenvalue weighted by Crippen LogP contribution is 2.38. The van der Waals surface area contributed by atoms with E-state index in [1.54, 1.807) is 0 Å². The molecule has 0 aliphatic heterocycles. The molecular weight excluding hydrogens is 444 g/mol. The van der Waals surface area contributed by atoms with Gasteiger partial charge in [0.05, 0.1) is 23.5 Å². The van der Waals surface area contributed by atoms with E-state index in [4.69, 9.17) is 14.7 Å². The zero-order valence-corrected chi connectivity index (χ0v) is 20.2. The lowest BCUT2D eigenvalue weighted by Crippen LogP contribution is -2.73. The number of aromatic nitrogens is 3. The molecule has 0 atom stereocenters. The van der Waals surface area contributed by atoms with Crippen LogP contribution >= 0.6 is 0 Å². The molecule has 0 bridgehead atoms. The Morgan fingerprint density at radius 3 is 2.19 bits per heavy atom. The second kappa shape index (κ2) is 9.51. The van der Waals surface area contributed by atoms with Gasteiger partial charge in [-0.3, -0.25) is 4.98 Å². The minimum Gasteiger partial charge on any atom is -0.491 e. The van der Waals surface area contributed by atoms with E-state index in [0.29, 0.717) is 6.61 Å². The maximum absolute atomic E-state index is 6.21. The number of nitrogens with zero attached hydrogens (tertiary/aromatic N) is 3. The summed E-state index contributed by atoms with van der Waals surface area (Å²) < 4.78 is 6.21. The first-order valence-corrected chi connectivity index (χ1v) is 12.5. The third-order valence-electron chi connectivity index (χ3n) is 7.18. The van der Waals surface area contributed by atoms with Crippen molar-refractivity contribution in [2.45, 2.75) is 31.2 Å². The van der Waals surface area contributed by atoms with Gasteiger partial charge in [0.15, 0.2) is 0 Å². The minimum atomic E-state index is 0.0612. The van der Waals surface area contributed by atoms with E-state index in [1.807, 2.05) is 60.9 Å². The van der Waals surface area contributed by atoms with Gasteiger partial charge in [-0.15, -0.1) is 0 Å². The lowest BCUT2D eigenvalue weighted by atomic mass is 9.72. The van der Waals surface area contributed by atoms with Crippen molar-refractivity contribution in [3.05, 3.63) is 108 Å². The number of hydrogen-bond donors (Lipinski definition) is 1. The number of fused-ring (bicyclic) bond motifs is 1. The van der Waals surface area contributed by atoms with Gasteiger partial charge < -0.3 is 10.5 Å². The fraction of sp³-hybridized carbons (Fsp3) is 0.194. The van der Waals surface area contributed by atoms with Gasteiger partial charge in [-0.25, -0.2) is 9.97 Å². The van der Waals surface area contributed by atoms with E-state index in [9.17, 15) is 0 Å². The lowest BCUT2D eigenvalue weighted by molar-refractivity contribution is -0.509. The van der Waals surface area contributed by atoms with Crippen molar-refractivity contribution >= 4 is 11.0 Å². The molecule has 2 heterocycles. The van der Waals surface area contributed by atoms with Gasteiger partial charge >= 0.3 is 0 Å². The number of para-hydroxylation sites is 1. The van der Waals surface area contributed by atoms with Crippen LogP contribution in [0.2, 0.25) is 0 Å². The number of quaternary nitrogens is 1. The van der Waals surface area contributed by atoms with Crippen LogP contribution in [-0.2, 0) is 12.0 Å². The SMILES string of the molecule is [NH3+]C1(c2ccc(-c3nc4c(OCCc5ccncc5)cccc4nc3-c3ccccc3)cc2)CCC1. The summed E-state index contributed by atoms with van der Waals surface area (Å²) in [5.74, 6) is 0.748. The maximum atomic E-state index is 6.21. The predicted octanol–water partition coefficient (Wildman–Crippen LogP) is 5.60. The molecule has 178 valence electrons. The van der Waals surface area contributed by atoms with Crippen molar-refractivity contribution in [2.24, 2.45) is 0 Å². The summed E-state index contributed by atoms with van der Waals surface area (Å²) >= 11 is 0. The zero-order valence-electron chi connectivity index (χ0n) is 20.2. The highest BCUT2D eigenvalue weighted by Gasteiger charge is 2.38. The van der Waals surface area contributed by atoms with Crippen LogP contribution in [0.25, 0.3) is 33.5 Å². The molecule has 0 radical (unpaired) electrons. The van der Waals surface area contributed by atoms with Crippen LogP contribution in [0, 0.1) is 0 Å². The van der Waals surface area contributed by atoms with Gasteiger partial charge in [-0.1, -0.05) is 60.7 Å². The fourth-order valence-electron chi connectivity index (χ4n) is 4.87. The average Bonchev–Trinajstić information content (AvgIpc) is 2.92. The normalized spacial score (nSPS) is 14.4. The second-order valence-electron chi connectivity index (χ2n) is 9.58. The molecule has 1 saturated carbocycles. The third-order valence-corrected chi connectivity index (χ3v) is 7.18. The molecule has 5 heteroatoms. The molecule has 6 rings (SSSR count). The molecule has 1 aliphatic carbocycles. The van der Waals surface area contributed by atoms with Crippen LogP contribution in [0.1, 0.15) is 30.4 Å². The van der Waals surface area contributed by atoms with E-state index in [0.717, 1.165) is 58.6 Å². The average molecular weight is 474 g/mol. The monoisotopic (exact) mass is 473 g/mol. The summed E-state index contributed by atoms with van der Waals surface area (Å²) in [5.41, 5.74) is 12.4. The first-order valence-electron chi connectivity index (χ1n) is 12.5. The maximum Gasteiger partial charge on any atom is 0.147 e. The molecule has 5 nitrogen and oxygen atoms in total. The van der Waals surface area contributed by atoms with Crippen molar-refractivity contribution in [2.75, 3.05) is 6.61 Å². The summed E-state index contributed by atoms with van der Waals surface area (Å²) in [5, 5.41) is 0. The smallest absolute Gasteiger partial charge is 0.147 e. The van der Waals surface area contributed by atoms with Crippen LogP contribution in [-0.4, -0.2) is 21.6 Å². The quantitative estimate of drug-likeness (QED) is 0.334. The van der Waals surface area contributed by atoms with Gasteiger partial charge in [-0.2, -0.15) is 0 Å². The van der Waals surface area contributed by atoms with E-state index >= 15 is 0 Å². The Bertz CT molecular complexity index is 1480. The molecule has 3 N–H and O–H groups in total. The van der Waals surface area contributed by atoms with E-state index in [-0.39, 0.29) is 5.54 Å². The number of benzene rings is 3. The van der Waals surface area contributed by atoms with E-state index < -0.39 is 0 Å². The number of hydrogen-bond acceptors (Lipinski definition) is 4. The molecule has 3 aromatic carbocycles. The third kappa shape index (κ3) is 4.34. The first-order chi connectivity index (χ1) is 17.7. The van der Waals surface area contributed by atoms with Gasteiger partial charge in [0.2, 0.25) is 0 Å². The highest BCUT2D eigenvalue weighted by molar-refractivity contribution is 5.89. The molecule has 2 aromatic heterocycles. The topological polar surface area (TPSA) is 75.5 Å². The van der Waals surface area contributed by atoms with Crippen LogP contribution in [0.5, 0.6) is 5.75 Å². The Morgan fingerprint density at radius 1 is 0.750 bits per heavy atom. The highest BCUT2D eigenvalue weighted by atomic mass is 16.5. The summed E-state index contributed by atoms with van der Waals surface area (Å²) in [6.07, 6.45) is 7.97. The van der Waals surface area contributed by atoms with Gasteiger partial charge in [0.1, 0.15) is 16.8 Å². The standard InChI is InChI=1S/C31H28N4O/c32-31(17-5-18-31)25-12-10-24(11-13-25)29-28(23-6-2-1-3-7-23)34-26-8-4-9-27(30(26)35-29)36-21-16-22-14-19-33-20-15-22/h1-4,6-15,19-20H,5,16-18,21,32H2/p+1. The minimum absolute atomic E-state index is 0.0612. The first kappa shape index (κ1) is 22.4. The van der Waals surface area contributed by atoms with Crippen LogP contribution in [0.3, 0.4) is 0 Å². The Morgan fingerprint density at radius 2 is 1.47 bits per heavy atom. The molecule has 36 heavy (non-hydrogen) atoms. The zero-order chi connectivity index (χ0) is 24.4.